The quantitative estimate of drug-likeness (QED) is 0.748. The molecule has 0 radical (unpaired) electrons. The van der Waals surface area contributed by atoms with E-state index in [0.717, 1.165) is 42.0 Å². The Balaban J connectivity index is 0.00000196. The maximum atomic E-state index is 12.5. The van der Waals surface area contributed by atoms with E-state index < -0.39 is 0 Å². The molecule has 0 bridgehead atoms. The van der Waals surface area contributed by atoms with E-state index in [2.05, 4.69) is 4.90 Å². The largest absolute Gasteiger partial charge is 0.460 e. The van der Waals surface area contributed by atoms with Crippen molar-refractivity contribution in [2.45, 2.75) is 32.0 Å². The fourth-order valence-corrected chi connectivity index (χ4v) is 3.38. The highest BCUT2D eigenvalue weighted by atomic mass is 35.5. The van der Waals surface area contributed by atoms with Crippen LogP contribution in [0.5, 0.6) is 11.5 Å². The summed E-state index contributed by atoms with van der Waals surface area (Å²) >= 11 is 0. The van der Waals surface area contributed by atoms with Crippen LogP contribution >= 0.6 is 12.4 Å². The molecular weight excluding hydrogens is 354 g/mol. The topological polar surface area (TPSA) is 48.0 Å². The number of fused-ring (bicyclic) bond motifs is 1. The van der Waals surface area contributed by atoms with Crippen molar-refractivity contribution < 1.29 is 19.0 Å². The summed E-state index contributed by atoms with van der Waals surface area (Å²) in [5.41, 5.74) is 2.13. The number of nitrogens with zero attached hydrogens (tertiary/aromatic N) is 1. The van der Waals surface area contributed by atoms with Crippen LogP contribution in [0.2, 0.25) is 0 Å². The molecule has 0 spiro atoms. The average Bonchev–Trinajstić information content (AvgIpc) is 3.29. The van der Waals surface area contributed by atoms with Gasteiger partial charge < -0.3 is 14.2 Å². The number of benzene rings is 2. The number of likely N-dealkylation sites (tertiary alicyclic amines) is 1. The molecule has 1 fully saturated rings. The first-order valence-electron chi connectivity index (χ1n) is 8.63. The van der Waals surface area contributed by atoms with E-state index in [1.54, 1.807) is 0 Å². The zero-order chi connectivity index (χ0) is 17.1. The molecule has 0 N–H and O–H groups in total. The standard InChI is InChI=1S/C20H21NO4.ClH/c22-20(23-13-15-5-2-1-3-6-15)17-7-4-10-21(17)12-16-8-9-18-19(11-16)25-14-24-18;/h1-3,5-6,8-9,11,17H,4,7,10,12-14H2;1H. The SMILES string of the molecule is Cl.O=C(OCc1ccccc1)C1CCCN1Cc1ccc2c(c1)OCO2. The number of esters is 1. The van der Waals surface area contributed by atoms with Crippen molar-refractivity contribution in [2.24, 2.45) is 0 Å². The smallest absolute Gasteiger partial charge is 0.323 e. The molecule has 2 aromatic carbocycles. The van der Waals surface area contributed by atoms with Crippen molar-refractivity contribution in [1.29, 1.82) is 0 Å². The molecule has 0 aromatic heterocycles. The molecule has 2 aliphatic rings. The minimum absolute atomic E-state index is 0. The summed E-state index contributed by atoms with van der Waals surface area (Å²) in [6.45, 7) is 2.21. The molecule has 1 saturated heterocycles. The minimum Gasteiger partial charge on any atom is -0.460 e. The van der Waals surface area contributed by atoms with Crippen LogP contribution in [-0.2, 0) is 22.7 Å². The first-order valence-corrected chi connectivity index (χ1v) is 8.63. The lowest BCUT2D eigenvalue weighted by Crippen LogP contribution is -2.36. The average molecular weight is 376 g/mol. The number of hydrogen-bond donors (Lipinski definition) is 0. The molecule has 0 amide bonds. The van der Waals surface area contributed by atoms with Gasteiger partial charge in [0.05, 0.1) is 0 Å². The second-order valence-electron chi connectivity index (χ2n) is 6.41. The number of carbonyl (C=O) groups excluding carboxylic acids is 1. The molecule has 138 valence electrons. The molecule has 1 unspecified atom stereocenters. The summed E-state index contributed by atoms with van der Waals surface area (Å²) in [5.74, 6) is 1.42. The van der Waals surface area contributed by atoms with Gasteiger partial charge in [-0.2, -0.15) is 0 Å². The first kappa shape index (κ1) is 18.5. The van der Waals surface area contributed by atoms with Crippen molar-refractivity contribution >= 4 is 18.4 Å². The highest BCUT2D eigenvalue weighted by molar-refractivity contribution is 5.85. The predicted molar refractivity (Wildman–Crippen MR) is 99.5 cm³/mol. The van der Waals surface area contributed by atoms with Crippen LogP contribution in [0.15, 0.2) is 48.5 Å². The molecule has 2 heterocycles. The Labute approximate surface area is 159 Å². The van der Waals surface area contributed by atoms with Crippen molar-refractivity contribution in [3.63, 3.8) is 0 Å². The van der Waals surface area contributed by atoms with Gasteiger partial charge in [0.1, 0.15) is 12.6 Å². The summed E-state index contributed by atoms with van der Waals surface area (Å²) in [4.78, 5) is 14.7. The predicted octanol–water partition coefficient (Wildman–Crippen LogP) is 3.54. The molecule has 2 aromatic rings. The molecule has 2 aliphatic heterocycles. The third-order valence-corrected chi connectivity index (χ3v) is 4.68. The molecular formula is C20H22ClNO4. The van der Waals surface area contributed by atoms with Crippen LogP contribution < -0.4 is 9.47 Å². The van der Waals surface area contributed by atoms with E-state index in [4.69, 9.17) is 14.2 Å². The van der Waals surface area contributed by atoms with Crippen LogP contribution in [0.25, 0.3) is 0 Å². The Morgan fingerprint density at radius 3 is 2.73 bits per heavy atom. The van der Waals surface area contributed by atoms with Crippen molar-refractivity contribution in [3.05, 3.63) is 59.7 Å². The molecule has 1 atom stereocenters. The molecule has 5 nitrogen and oxygen atoms in total. The Bertz CT molecular complexity index is 753. The third-order valence-electron chi connectivity index (χ3n) is 4.68. The monoisotopic (exact) mass is 375 g/mol. The molecule has 4 rings (SSSR count). The van der Waals surface area contributed by atoms with Crippen LogP contribution in [0.3, 0.4) is 0 Å². The normalized spacial score (nSPS) is 18.4. The Morgan fingerprint density at radius 1 is 1.08 bits per heavy atom. The van der Waals surface area contributed by atoms with Crippen LogP contribution in [-0.4, -0.2) is 30.2 Å². The van der Waals surface area contributed by atoms with Crippen molar-refractivity contribution in [3.8, 4) is 11.5 Å². The van der Waals surface area contributed by atoms with Gasteiger partial charge in [0.25, 0.3) is 0 Å². The lowest BCUT2D eigenvalue weighted by atomic mass is 10.1. The first-order chi connectivity index (χ1) is 12.3. The van der Waals surface area contributed by atoms with Gasteiger partial charge in [-0.1, -0.05) is 36.4 Å². The Kier molecular flexibility index (Phi) is 6.01. The number of carbonyl (C=O) groups is 1. The number of hydrogen-bond acceptors (Lipinski definition) is 5. The molecule has 0 saturated carbocycles. The fourth-order valence-electron chi connectivity index (χ4n) is 3.38. The van der Waals surface area contributed by atoms with Crippen LogP contribution in [0.4, 0.5) is 0 Å². The van der Waals surface area contributed by atoms with E-state index >= 15 is 0 Å². The second-order valence-corrected chi connectivity index (χ2v) is 6.41. The van der Waals surface area contributed by atoms with Gasteiger partial charge in [0, 0.05) is 6.54 Å². The zero-order valence-electron chi connectivity index (χ0n) is 14.4. The van der Waals surface area contributed by atoms with Crippen molar-refractivity contribution in [2.75, 3.05) is 13.3 Å². The Hall–Kier alpha value is -2.24. The van der Waals surface area contributed by atoms with E-state index in [0.29, 0.717) is 13.2 Å². The third kappa shape index (κ3) is 4.11. The molecule has 0 aliphatic carbocycles. The highest BCUT2D eigenvalue weighted by Gasteiger charge is 2.32. The Morgan fingerprint density at radius 2 is 1.88 bits per heavy atom. The maximum Gasteiger partial charge on any atom is 0.323 e. The van der Waals surface area contributed by atoms with Gasteiger partial charge in [-0.05, 0) is 42.6 Å². The van der Waals surface area contributed by atoms with Gasteiger partial charge in [-0.15, -0.1) is 12.4 Å². The molecule has 26 heavy (non-hydrogen) atoms. The highest BCUT2D eigenvalue weighted by Crippen LogP contribution is 2.33. The van der Waals surface area contributed by atoms with Gasteiger partial charge in [-0.25, -0.2) is 0 Å². The fraction of sp³-hybridized carbons (Fsp3) is 0.350. The zero-order valence-corrected chi connectivity index (χ0v) is 15.2. The minimum atomic E-state index is -0.172. The van der Waals surface area contributed by atoms with E-state index in [1.165, 1.54) is 0 Å². The van der Waals surface area contributed by atoms with Gasteiger partial charge >= 0.3 is 5.97 Å². The number of rotatable bonds is 5. The van der Waals surface area contributed by atoms with Crippen LogP contribution in [0.1, 0.15) is 24.0 Å². The van der Waals surface area contributed by atoms with Gasteiger partial charge in [0.15, 0.2) is 11.5 Å². The van der Waals surface area contributed by atoms with E-state index in [-0.39, 0.29) is 31.2 Å². The number of halogens is 1. The lowest BCUT2D eigenvalue weighted by molar-refractivity contribution is -0.150. The van der Waals surface area contributed by atoms with E-state index in [9.17, 15) is 4.79 Å². The van der Waals surface area contributed by atoms with E-state index in [1.807, 2.05) is 48.5 Å². The molecule has 6 heteroatoms. The summed E-state index contributed by atoms with van der Waals surface area (Å²) in [6.07, 6.45) is 1.85. The van der Waals surface area contributed by atoms with Gasteiger partial charge in [0.2, 0.25) is 6.79 Å². The van der Waals surface area contributed by atoms with Gasteiger partial charge in [-0.3, -0.25) is 9.69 Å². The lowest BCUT2D eigenvalue weighted by Gasteiger charge is -2.23. The number of ether oxygens (including phenoxy) is 3. The van der Waals surface area contributed by atoms with Crippen LogP contribution in [0, 0.1) is 0 Å². The summed E-state index contributed by atoms with van der Waals surface area (Å²) in [7, 11) is 0. The maximum absolute atomic E-state index is 12.5. The summed E-state index contributed by atoms with van der Waals surface area (Å²) in [5, 5.41) is 0. The second kappa shape index (κ2) is 8.43. The van der Waals surface area contributed by atoms with Crippen molar-refractivity contribution in [1.82, 2.24) is 4.90 Å². The summed E-state index contributed by atoms with van der Waals surface area (Å²) in [6, 6.07) is 15.6. The summed E-state index contributed by atoms with van der Waals surface area (Å²) < 4.78 is 16.3.